The minimum Gasteiger partial charge on any atom is -0.402 e. The molecule has 1 amide bonds. The molecule has 0 atom stereocenters. The molecule has 3 heterocycles. The van der Waals surface area contributed by atoms with Gasteiger partial charge in [0.1, 0.15) is 5.65 Å². The van der Waals surface area contributed by atoms with Gasteiger partial charge >= 0.3 is 0 Å². The molecule has 2 aromatic heterocycles. The Morgan fingerprint density at radius 2 is 2.12 bits per heavy atom. The summed E-state index contributed by atoms with van der Waals surface area (Å²) in [5, 5.41) is 14.0. The van der Waals surface area contributed by atoms with Crippen LogP contribution < -0.4 is 16.4 Å². The Morgan fingerprint density at radius 3 is 2.65 bits per heavy atom. The van der Waals surface area contributed by atoms with Gasteiger partial charge in [-0.25, -0.2) is 4.98 Å². The number of H-pyrrole nitrogens is 1. The van der Waals surface area contributed by atoms with E-state index in [1.165, 1.54) is 5.57 Å². The first-order valence-electron chi connectivity index (χ1n) is 8.50. The molecule has 0 unspecified atom stereocenters. The summed E-state index contributed by atoms with van der Waals surface area (Å²) in [7, 11) is 0. The molecule has 0 saturated heterocycles. The van der Waals surface area contributed by atoms with Crippen LogP contribution in [0.3, 0.4) is 0 Å². The third-order valence-electron chi connectivity index (χ3n) is 4.26. The lowest BCUT2D eigenvalue weighted by molar-refractivity contribution is -0.105. The lowest BCUT2D eigenvalue weighted by Crippen LogP contribution is -2.20. The van der Waals surface area contributed by atoms with E-state index in [0.717, 1.165) is 47.5 Å². The Morgan fingerprint density at radius 1 is 1.35 bits per heavy atom. The number of rotatable bonds is 4. The van der Waals surface area contributed by atoms with E-state index >= 15 is 0 Å². The van der Waals surface area contributed by atoms with Crippen molar-refractivity contribution in [2.75, 3.05) is 18.4 Å². The van der Waals surface area contributed by atoms with Crippen molar-refractivity contribution in [1.29, 1.82) is 5.41 Å². The Balaban J connectivity index is 0.000000260. The number of nitrogens with one attached hydrogen (secondary N) is 4. The molecular weight excluding hydrogens is 328 g/mol. The number of pyridine rings is 1. The van der Waals surface area contributed by atoms with E-state index < -0.39 is 0 Å². The van der Waals surface area contributed by atoms with Crippen molar-refractivity contribution in [2.24, 2.45) is 5.73 Å². The second-order valence-corrected chi connectivity index (χ2v) is 6.22. The van der Waals surface area contributed by atoms with E-state index in [1.54, 1.807) is 20.0 Å². The highest BCUT2D eigenvalue weighted by molar-refractivity contribution is 5.95. The number of fused-ring (bicyclic) bond motifs is 1. The van der Waals surface area contributed by atoms with Gasteiger partial charge in [0.05, 0.1) is 11.9 Å². The van der Waals surface area contributed by atoms with E-state index in [0.29, 0.717) is 17.8 Å². The first kappa shape index (κ1) is 19.4. The fraction of sp³-hybridized carbons (Fsp3) is 0.316. The first-order chi connectivity index (χ1) is 12.4. The molecule has 0 aromatic carbocycles. The number of nitrogens with two attached hydrogens (primary N) is 1. The van der Waals surface area contributed by atoms with Crippen molar-refractivity contribution in [1.82, 2.24) is 15.3 Å². The van der Waals surface area contributed by atoms with Gasteiger partial charge in [0.2, 0.25) is 6.41 Å². The van der Waals surface area contributed by atoms with Crippen LogP contribution >= 0.6 is 0 Å². The van der Waals surface area contributed by atoms with Gasteiger partial charge in [-0.05, 0) is 57.0 Å². The molecule has 0 spiro atoms. The van der Waals surface area contributed by atoms with Gasteiger partial charge in [-0.1, -0.05) is 6.08 Å². The third-order valence-corrected chi connectivity index (χ3v) is 4.26. The molecular formula is C19H26N6O. The number of amides is 1. The van der Waals surface area contributed by atoms with E-state index in [-0.39, 0.29) is 0 Å². The third kappa shape index (κ3) is 5.03. The predicted octanol–water partition coefficient (Wildman–Crippen LogP) is 2.79. The minimum atomic E-state index is 0.546. The monoisotopic (exact) mass is 354 g/mol. The fourth-order valence-corrected chi connectivity index (χ4v) is 2.50. The highest BCUT2D eigenvalue weighted by atomic mass is 16.1. The molecule has 0 saturated carbocycles. The maximum Gasteiger partial charge on any atom is 0.211 e. The van der Waals surface area contributed by atoms with Crippen LogP contribution in [0, 0.1) is 5.41 Å². The summed E-state index contributed by atoms with van der Waals surface area (Å²) in [6, 6.07) is 3.99. The van der Waals surface area contributed by atoms with E-state index in [1.807, 2.05) is 13.0 Å². The van der Waals surface area contributed by atoms with Crippen molar-refractivity contribution in [3.05, 3.63) is 41.4 Å². The van der Waals surface area contributed by atoms with Crippen molar-refractivity contribution in [2.45, 2.75) is 27.2 Å². The van der Waals surface area contributed by atoms with Crippen LogP contribution in [-0.4, -0.2) is 35.2 Å². The summed E-state index contributed by atoms with van der Waals surface area (Å²) < 4.78 is 0. The lowest BCUT2D eigenvalue weighted by Gasteiger charge is -2.12. The lowest BCUT2D eigenvalue weighted by atomic mass is 10.1. The van der Waals surface area contributed by atoms with Crippen molar-refractivity contribution >= 4 is 34.4 Å². The summed E-state index contributed by atoms with van der Waals surface area (Å²) in [5.74, 6) is 0. The highest BCUT2D eigenvalue weighted by Gasteiger charge is 2.09. The standard InChI is InChI=1S/C13H14N4O.C6H12N2/c18-8-16-11-5-10-6-12(17-13(10)15-7-11)9-1-3-14-4-2-9;1-4(5(2)7)6(3)8/h1,5-8,14H,2-4H2,(H,15,17)(H,16,18);7H,8H2,1-3H3/b;6-4-,7-5?. The Hall–Kier alpha value is -2.93. The van der Waals surface area contributed by atoms with Crippen molar-refractivity contribution < 1.29 is 4.79 Å². The van der Waals surface area contributed by atoms with Gasteiger partial charge in [-0.15, -0.1) is 0 Å². The summed E-state index contributed by atoms with van der Waals surface area (Å²) in [4.78, 5) is 18.0. The average Bonchev–Trinajstić information content (AvgIpc) is 3.06. The molecule has 6 N–H and O–H groups in total. The van der Waals surface area contributed by atoms with Crippen LogP contribution in [0.25, 0.3) is 16.6 Å². The second kappa shape index (κ2) is 8.96. The molecule has 0 bridgehead atoms. The minimum absolute atomic E-state index is 0.546. The molecule has 138 valence electrons. The smallest absolute Gasteiger partial charge is 0.211 e. The number of aromatic nitrogens is 2. The van der Waals surface area contributed by atoms with E-state index in [2.05, 4.69) is 32.7 Å². The van der Waals surface area contributed by atoms with Gasteiger partial charge in [-0.2, -0.15) is 0 Å². The molecule has 0 radical (unpaired) electrons. The first-order valence-corrected chi connectivity index (χ1v) is 8.50. The summed E-state index contributed by atoms with van der Waals surface area (Å²) in [6.45, 7) is 7.29. The van der Waals surface area contributed by atoms with Crippen LogP contribution in [0.4, 0.5) is 5.69 Å². The molecule has 3 rings (SSSR count). The zero-order chi connectivity index (χ0) is 19.1. The summed E-state index contributed by atoms with van der Waals surface area (Å²) in [6.07, 6.45) is 5.52. The van der Waals surface area contributed by atoms with Crippen molar-refractivity contribution in [3.63, 3.8) is 0 Å². The molecule has 0 aliphatic carbocycles. The predicted molar refractivity (Wildman–Crippen MR) is 107 cm³/mol. The van der Waals surface area contributed by atoms with E-state index in [9.17, 15) is 4.79 Å². The maximum atomic E-state index is 10.4. The summed E-state index contributed by atoms with van der Waals surface area (Å²) >= 11 is 0. The zero-order valence-corrected chi connectivity index (χ0v) is 15.4. The topological polar surface area (TPSA) is 120 Å². The van der Waals surface area contributed by atoms with Crippen LogP contribution in [0.5, 0.6) is 0 Å². The van der Waals surface area contributed by atoms with Crippen LogP contribution in [0.15, 0.2) is 35.7 Å². The molecule has 2 aromatic rings. The highest BCUT2D eigenvalue weighted by Crippen LogP contribution is 2.24. The van der Waals surface area contributed by atoms with Crippen LogP contribution in [0.1, 0.15) is 32.9 Å². The van der Waals surface area contributed by atoms with Gasteiger partial charge in [0.25, 0.3) is 0 Å². The molecule has 1 aliphatic heterocycles. The van der Waals surface area contributed by atoms with Gasteiger partial charge in [0, 0.05) is 29.0 Å². The number of nitrogens with zero attached hydrogens (tertiary/aromatic N) is 1. The summed E-state index contributed by atoms with van der Waals surface area (Å²) in [5.41, 5.74) is 11.5. The Labute approximate surface area is 153 Å². The zero-order valence-electron chi connectivity index (χ0n) is 15.4. The normalized spacial score (nSPS) is 14.7. The number of carbonyl (C=O) groups is 1. The second-order valence-electron chi connectivity index (χ2n) is 6.22. The SMILES string of the molecule is CC(=N)/C(C)=C(/C)N.O=CNc1cnc2[nH]c(C3=CCNCC3)cc2c1. The molecule has 7 nitrogen and oxygen atoms in total. The van der Waals surface area contributed by atoms with Crippen molar-refractivity contribution in [3.8, 4) is 0 Å². The Bertz CT molecular complexity index is 858. The van der Waals surface area contributed by atoms with Crippen LogP contribution in [-0.2, 0) is 4.79 Å². The molecule has 7 heteroatoms. The Kier molecular flexibility index (Phi) is 6.68. The fourth-order valence-electron chi connectivity index (χ4n) is 2.50. The molecule has 0 fully saturated rings. The largest absolute Gasteiger partial charge is 0.402 e. The molecule has 1 aliphatic rings. The molecule has 26 heavy (non-hydrogen) atoms. The quantitative estimate of drug-likeness (QED) is 0.428. The number of hydrogen-bond donors (Lipinski definition) is 5. The van der Waals surface area contributed by atoms with E-state index in [4.69, 9.17) is 11.1 Å². The van der Waals surface area contributed by atoms with Gasteiger partial charge in [0.15, 0.2) is 0 Å². The number of carbonyl (C=O) groups excluding carboxylic acids is 1. The number of anilines is 1. The number of hydrogen-bond acceptors (Lipinski definition) is 5. The van der Waals surface area contributed by atoms with Crippen LogP contribution in [0.2, 0.25) is 0 Å². The number of aromatic amines is 1. The van der Waals surface area contributed by atoms with Gasteiger partial charge in [-0.3, -0.25) is 4.79 Å². The number of allylic oxidation sites excluding steroid dienone is 2. The average molecular weight is 354 g/mol. The maximum absolute atomic E-state index is 10.4. The van der Waals surface area contributed by atoms with Gasteiger partial charge < -0.3 is 26.8 Å².